The fraction of sp³-hybridized carbons (Fsp3) is 0.556. The predicted molar refractivity (Wildman–Crippen MR) is 86.6 cm³/mol. The minimum Gasteiger partial charge on any atom is -0.489 e. The monoisotopic (exact) mass is 289 g/mol. The summed E-state index contributed by atoms with van der Waals surface area (Å²) in [5.41, 5.74) is 1.92. The van der Waals surface area contributed by atoms with Crippen LogP contribution >= 0.6 is 0 Å². The van der Waals surface area contributed by atoms with Gasteiger partial charge in [0.25, 0.3) is 0 Å². The molecule has 1 fully saturated rings. The van der Waals surface area contributed by atoms with Crippen LogP contribution in [0.1, 0.15) is 51.2 Å². The molecule has 2 N–H and O–H groups in total. The standard InChI is InChI=1S/C18H27NO2/c1-13(2)12-21-17-10-8-15(9-11-17)18(20)14(3)19-16-6-4-5-7-16/h8-11,14,16,18-20H,1,4-7,12H2,2-3H3. The zero-order valence-electron chi connectivity index (χ0n) is 13.1. The lowest BCUT2D eigenvalue weighted by atomic mass is 10.0. The average Bonchev–Trinajstić information content (AvgIpc) is 2.97. The van der Waals surface area contributed by atoms with Crippen LogP contribution in [0.15, 0.2) is 36.4 Å². The molecular formula is C18H27NO2. The molecule has 0 radical (unpaired) electrons. The molecular weight excluding hydrogens is 262 g/mol. The fourth-order valence-electron chi connectivity index (χ4n) is 2.81. The first-order chi connectivity index (χ1) is 10.1. The number of ether oxygens (including phenoxy) is 1. The molecule has 0 aliphatic heterocycles. The highest BCUT2D eigenvalue weighted by Crippen LogP contribution is 2.23. The molecule has 1 aliphatic carbocycles. The van der Waals surface area contributed by atoms with E-state index in [1.807, 2.05) is 31.2 Å². The molecule has 0 amide bonds. The Kier molecular flexibility index (Phi) is 5.83. The second-order valence-corrected chi connectivity index (χ2v) is 6.20. The lowest BCUT2D eigenvalue weighted by molar-refractivity contribution is 0.129. The van der Waals surface area contributed by atoms with Crippen molar-refractivity contribution in [1.82, 2.24) is 5.32 Å². The van der Waals surface area contributed by atoms with Crippen LogP contribution in [0.2, 0.25) is 0 Å². The number of hydrogen-bond donors (Lipinski definition) is 2. The van der Waals surface area contributed by atoms with E-state index in [2.05, 4.69) is 18.8 Å². The van der Waals surface area contributed by atoms with Gasteiger partial charge in [-0.15, -0.1) is 0 Å². The molecule has 0 bridgehead atoms. The number of nitrogens with one attached hydrogen (secondary N) is 1. The third-order valence-electron chi connectivity index (χ3n) is 4.03. The molecule has 1 aromatic rings. The molecule has 1 aromatic carbocycles. The molecule has 0 heterocycles. The van der Waals surface area contributed by atoms with Gasteiger partial charge in [0.15, 0.2) is 0 Å². The van der Waals surface area contributed by atoms with Crippen molar-refractivity contribution in [3.8, 4) is 5.75 Å². The van der Waals surface area contributed by atoms with Crippen molar-refractivity contribution in [1.29, 1.82) is 0 Å². The molecule has 1 aliphatic rings. The number of hydrogen-bond acceptors (Lipinski definition) is 3. The summed E-state index contributed by atoms with van der Waals surface area (Å²) in [5, 5.41) is 14.0. The molecule has 2 unspecified atom stereocenters. The van der Waals surface area contributed by atoms with E-state index in [-0.39, 0.29) is 6.04 Å². The van der Waals surface area contributed by atoms with Crippen LogP contribution in [0.25, 0.3) is 0 Å². The Morgan fingerprint density at radius 3 is 2.52 bits per heavy atom. The van der Waals surface area contributed by atoms with Crippen molar-refractivity contribution in [2.45, 2.75) is 57.7 Å². The van der Waals surface area contributed by atoms with Crippen LogP contribution in [0.4, 0.5) is 0 Å². The topological polar surface area (TPSA) is 41.5 Å². The van der Waals surface area contributed by atoms with E-state index in [1.54, 1.807) is 0 Å². The maximum absolute atomic E-state index is 10.4. The van der Waals surface area contributed by atoms with Gasteiger partial charge >= 0.3 is 0 Å². The lowest BCUT2D eigenvalue weighted by Gasteiger charge is -2.24. The summed E-state index contributed by atoms with van der Waals surface area (Å²) in [5.74, 6) is 0.811. The van der Waals surface area contributed by atoms with Gasteiger partial charge in [-0.3, -0.25) is 0 Å². The molecule has 21 heavy (non-hydrogen) atoms. The number of aliphatic hydroxyl groups excluding tert-OH is 1. The van der Waals surface area contributed by atoms with E-state index in [0.717, 1.165) is 16.9 Å². The molecule has 2 atom stereocenters. The smallest absolute Gasteiger partial charge is 0.119 e. The first-order valence-electron chi connectivity index (χ1n) is 7.87. The Labute approximate surface area is 128 Å². The normalized spacial score (nSPS) is 18.4. The van der Waals surface area contributed by atoms with Crippen molar-refractivity contribution >= 4 is 0 Å². The van der Waals surface area contributed by atoms with Crippen molar-refractivity contribution < 1.29 is 9.84 Å². The van der Waals surface area contributed by atoms with Crippen LogP contribution in [0, 0.1) is 0 Å². The number of aliphatic hydroxyl groups is 1. The van der Waals surface area contributed by atoms with E-state index < -0.39 is 6.10 Å². The van der Waals surface area contributed by atoms with Crippen molar-refractivity contribution in [3.05, 3.63) is 42.0 Å². The van der Waals surface area contributed by atoms with E-state index in [9.17, 15) is 5.11 Å². The van der Waals surface area contributed by atoms with E-state index in [1.165, 1.54) is 25.7 Å². The van der Waals surface area contributed by atoms with Crippen LogP contribution < -0.4 is 10.1 Å². The van der Waals surface area contributed by atoms with Crippen molar-refractivity contribution in [2.75, 3.05) is 6.61 Å². The summed E-state index contributed by atoms with van der Waals surface area (Å²) in [6.07, 6.45) is 4.57. The highest BCUT2D eigenvalue weighted by Gasteiger charge is 2.22. The first-order valence-corrected chi connectivity index (χ1v) is 7.87. The van der Waals surface area contributed by atoms with Gasteiger partial charge in [-0.05, 0) is 50.0 Å². The Morgan fingerprint density at radius 2 is 1.95 bits per heavy atom. The average molecular weight is 289 g/mol. The van der Waals surface area contributed by atoms with E-state index in [0.29, 0.717) is 12.6 Å². The summed E-state index contributed by atoms with van der Waals surface area (Å²) in [6, 6.07) is 8.31. The zero-order valence-corrected chi connectivity index (χ0v) is 13.1. The highest BCUT2D eigenvalue weighted by atomic mass is 16.5. The number of rotatable bonds is 7. The third-order valence-corrected chi connectivity index (χ3v) is 4.03. The van der Waals surface area contributed by atoms with Crippen molar-refractivity contribution in [3.63, 3.8) is 0 Å². The van der Waals surface area contributed by atoms with Gasteiger partial charge in [-0.1, -0.05) is 31.6 Å². The van der Waals surface area contributed by atoms with Crippen LogP contribution in [0.3, 0.4) is 0 Å². The summed E-state index contributed by atoms with van der Waals surface area (Å²) in [4.78, 5) is 0. The SMILES string of the molecule is C=C(C)COc1ccc(C(O)C(C)NC2CCCC2)cc1. The summed E-state index contributed by atoms with van der Waals surface area (Å²) >= 11 is 0. The Balaban J connectivity index is 1.88. The molecule has 0 aromatic heterocycles. The Morgan fingerprint density at radius 1 is 1.33 bits per heavy atom. The van der Waals surface area contributed by atoms with Gasteiger partial charge in [0.2, 0.25) is 0 Å². The molecule has 1 saturated carbocycles. The first kappa shape index (κ1) is 16.1. The van der Waals surface area contributed by atoms with Gasteiger partial charge in [0, 0.05) is 12.1 Å². The van der Waals surface area contributed by atoms with Crippen LogP contribution in [0.5, 0.6) is 5.75 Å². The maximum atomic E-state index is 10.4. The number of benzene rings is 1. The third kappa shape index (κ3) is 4.87. The maximum Gasteiger partial charge on any atom is 0.119 e. The summed E-state index contributed by atoms with van der Waals surface area (Å²) in [6.45, 7) is 8.33. The van der Waals surface area contributed by atoms with Gasteiger partial charge in [0.05, 0.1) is 6.10 Å². The molecule has 0 saturated heterocycles. The van der Waals surface area contributed by atoms with E-state index in [4.69, 9.17) is 4.74 Å². The van der Waals surface area contributed by atoms with Gasteiger partial charge in [0.1, 0.15) is 12.4 Å². The van der Waals surface area contributed by atoms with Gasteiger partial charge in [-0.25, -0.2) is 0 Å². The zero-order chi connectivity index (χ0) is 15.2. The highest BCUT2D eigenvalue weighted by molar-refractivity contribution is 5.29. The predicted octanol–water partition coefficient (Wildman–Crippen LogP) is 3.60. The summed E-state index contributed by atoms with van der Waals surface area (Å²) in [7, 11) is 0. The largest absolute Gasteiger partial charge is 0.489 e. The summed E-state index contributed by atoms with van der Waals surface area (Å²) < 4.78 is 5.57. The van der Waals surface area contributed by atoms with Gasteiger partial charge in [-0.2, -0.15) is 0 Å². The molecule has 3 nitrogen and oxygen atoms in total. The minimum absolute atomic E-state index is 0.0651. The molecule has 0 spiro atoms. The van der Waals surface area contributed by atoms with Crippen molar-refractivity contribution in [2.24, 2.45) is 0 Å². The Hall–Kier alpha value is -1.32. The van der Waals surface area contributed by atoms with Crippen LogP contribution in [-0.2, 0) is 0 Å². The van der Waals surface area contributed by atoms with E-state index >= 15 is 0 Å². The molecule has 2 rings (SSSR count). The lowest BCUT2D eigenvalue weighted by Crippen LogP contribution is -2.38. The van der Waals surface area contributed by atoms with Gasteiger partial charge < -0.3 is 15.2 Å². The second kappa shape index (κ2) is 7.62. The van der Waals surface area contributed by atoms with Crippen LogP contribution in [-0.4, -0.2) is 23.8 Å². The molecule has 3 heteroatoms. The second-order valence-electron chi connectivity index (χ2n) is 6.20. The fourth-order valence-corrected chi connectivity index (χ4v) is 2.81. The quantitative estimate of drug-likeness (QED) is 0.754. The Bertz CT molecular complexity index is 449. The minimum atomic E-state index is -0.485. The molecule has 116 valence electrons.